The van der Waals surface area contributed by atoms with Crippen molar-refractivity contribution in [1.82, 2.24) is 0 Å². The molecule has 0 aliphatic carbocycles. The molecule has 0 saturated carbocycles. The second-order valence-electron chi connectivity index (χ2n) is 30.3. The predicted octanol–water partition coefficient (Wildman–Crippen LogP) is 14.4. The Morgan fingerprint density at radius 3 is 1.03 bits per heavy atom. The van der Waals surface area contributed by atoms with E-state index in [1.54, 1.807) is 60.7 Å². The summed E-state index contributed by atoms with van der Waals surface area (Å²) in [4.78, 5) is 54.8. The number of benzene rings is 4. The maximum atomic E-state index is 14.3. The minimum absolute atomic E-state index is 0.00960. The van der Waals surface area contributed by atoms with Crippen molar-refractivity contribution in [3.63, 3.8) is 0 Å². The van der Waals surface area contributed by atoms with Crippen molar-refractivity contribution >= 4 is 23.9 Å². The minimum Gasteiger partial charge on any atom is -0.469 e. The second-order valence-corrected chi connectivity index (χ2v) is 30.3. The van der Waals surface area contributed by atoms with Crippen molar-refractivity contribution in [3.05, 3.63) is 144 Å². The highest BCUT2D eigenvalue weighted by Crippen LogP contribution is 2.45. The molecule has 0 radical (unpaired) electrons. The zero-order valence-electron chi connectivity index (χ0n) is 64.5. The largest absolute Gasteiger partial charge is 0.469 e. The first-order chi connectivity index (χ1) is 50.6. The van der Waals surface area contributed by atoms with Gasteiger partial charge in [0, 0.05) is 30.1 Å². The van der Waals surface area contributed by atoms with Crippen LogP contribution in [-0.4, -0.2) is 168 Å². The van der Waals surface area contributed by atoms with Crippen LogP contribution in [-0.2, 0) is 91.9 Å². The van der Waals surface area contributed by atoms with E-state index in [-0.39, 0.29) is 122 Å². The van der Waals surface area contributed by atoms with E-state index in [0.29, 0.717) is 42.4 Å². The Morgan fingerprint density at radius 1 is 0.324 bits per heavy atom. The molecule has 580 valence electrons. The summed E-state index contributed by atoms with van der Waals surface area (Å²) in [6.07, 6.45) is -11.0. The lowest BCUT2D eigenvalue weighted by atomic mass is 9.81. The van der Waals surface area contributed by atoms with Gasteiger partial charge in [0.15, 0.2) is 56.1 Å². The maximum Gasteiger partial charge on any atom is 0.338 e. The van der Waals surface area contributed by atoms with E-state index in [2.05, 4.69) is 83.1 Å². The SMILES string of the molecule is CCC1O[C@H](OC2[C@@H](O[C@@H]3C(OCc4ccccc4)[C@H](OCCCC(=O)OC)OC(CO[C@H]4OC(CO[C@H]5OC(CC)[C@@H](C)[C@H](C)C5O[C@H]5OC(CC)[C@@H](C)[C@H](C)C5OC(=O)c5ccccc5)[C@@H](C)[C@H](C)C4OC(=O)c4ccccc4)[C@H]3C)OC(CC)[C@@H](C)[C@@H]2C)C(OC(=O)c2ccccc2)[C@@H](C)[C@@H]1C. The van der Waals surface area contributed by atoms with E-state index >= 15 is 0 Å². The number of hydrogen-bond donors (Lipinski definition) is 0. The molecule has 4 aromatic carbocycles. The number of carbonyl (C=O) groups excluding carboxylic acids is 4. The Kier molecular flexibility index (Phi) is 30.0. The maximum absolute atomic E-state index is 14.3. The molecule has 6 aliphatic rings. The van der Waals surface area contributed by atoms with Crippen LogP contribution in [0.25, 0.3) is 0 Å². The Morgan fingerprint density at radius 2 is 0.629 bits per heavy atom. The van der Waals surface area contributed by atoms with Gasteiger partial charge in [-0.05, 0) is 115 Å². The van der Waals surface area contributed by atoms with E-state index < -0.39 is 117 Å². The van der Waals surface area contributed by atoms with Gasteiger partial charge in [-0.25, -0.2) is 14.4 Å². The van der Waals surface area contributed by atoms with Crippen LogP contribution in [0.3, 0.4) is 0 Å². The molecule has 6 fully saturated rings. The molecule has 0 bridgehead atoms. The molecule has 0 N–H and O–H groups in total. The van der Waals surface area contributed by atoms with Gasteiger partial charge in [0.25, 0.3) is 0 Å². The van der Waals surface area contributed by atoms with E-state index in [4.69, 9.17) is 80.5 Å². The molecule has 6 aliphatic heterocycles. The van der Waals surface area contributed by atoms with Gasteiger partial charge in [0.1, 0.15) is 18.3 Å². The Labute approximate surface area is 622 Å². The zero-order chi connectivity index (χ0) is 75.2. The number of hydrogen-bond acceptors (Lipinski definition) is 21. The third kappa shape index (κ3) is 19.8. The molecular weight excluding hydrogens is 1340 g/mol. The first-order valence-electron chi connectivity index (χ1n) is 38.8. The van der Waals surface area contributed by atoms with Gasteiger partial charge in [-0.1, -0.05) is 189 Å². The summed E-state index contributed by atoms with van der Waals surface area (Å²) in [5.74, 6) is -3.55. The second kappa shape index (κ2) is 38.5. The fourth-order valence-corrected chi connectivity index (χ4v) is 16.0. The summed E-state index contributed by atoms with van der Waals surface area (Å²) in [5, 5.41) is 0. The normalized spacial score (nSPS) is 37.9. The molecule has 21 nitrogen and oxygen atoms in total. The average Bonchev–Trinajstić information content (AvgIpc) is 0.777. The summed E-state index contributed by atoms with van der Waals surface area (Å²) >= 11 is 0. The van der Waals surface area contributed by atoms with Crippen LogP contribution >= 0.6 is 0 Å². The lowest BCUT2D eigenvalue weighted by Gasteiger charge is -2.51. The number of carbonyl (C=O) groups is 4. The van der Waals surface area contributed by atoms with Crippen molar-refractivity contribution in [2.24, 2.45) is 65.1 Å². The van der Waals surface area contributed by atoms with Crippen molar-refractivity contribution in [2.45, 2.75) is 266 Å². The summed E-state index contributed by atoms with van der Waals surface area (Å²) in [7, 11) is 1.35. The molecule has 0 spiro atoms. The molecule has 21 heteroatoms. The molecule has 0 aromatic heterocycles. The quantitative estimate of drug-likeness (QED) is 0.0269. The van der Waals surface area contributed by atoms with Crippen molar-refractivity contribution in [1.29, 1.82) is 0 Å². The molecule has 10 rings (SSSR count). The van der Waals surface area contributed by atoms with Crippen molar-refractivity contribution < 1.29 is 99.7 Å². The smallest absolute Gasteiger partial charge is 0.338 e. The van der Waals surface area contributed by atoms with E-state index in [1.807, 2.05) is 81.4 Å². The lowest BCUT2D eigenvalue weighted by molar-refractivity contribution is -0.376. The summed E-state index contributed by atoms with van der Waals surface area (Å²) in [6, 6.07) is 36.5. The highest BCUT2D eigenvalue weighted by atomic mass is 16.8. The number of ether oxygens (including phenoxy) is 17. The Bertz CT molecular complexity index is 3300. The van der Waals surface area contributed by atoms with Crippen LogP contribution in [0.4, 0.5) is 0 Å². The first kappa shape index (κ1) is 81.8. The molecule has 30 atom stereocenters. The summed E-state index contributed by atoms with van der Waals surface area (Å²) in [5.41, 5.74) is 2.09. The zero-order valence-corrected chi connectivity index (χ0v) is 64.5. The van der Waals surface area contributed by atoms with Crippen molar-refractivity contribution in [2.75, 3.05) is 26.9 Å². The van der Waals surface area contributed by atoms with Gasteiger partial charge in [-0.3, -0.25) is 4.79 Å². The van der Waals surface area contributed by atoms with Crippen LogP contribution in [0.15, 0.2) is 121 Å². The van der Waals surface area contributed by atoms with Gasteiger partial charge in [-0.2, -0.15) is 0 Å². The van der Waals surface area contributed by atoms with Crippen molar-refractivity contribution in [3.8, 4) is 0 Å². The monoisotopic (exact) mass is 1460 g/mol. The topological polar surface area (TPSA) is 225 Å². The van der Waals surface area contributed by atoms with Crippen LogP contribution in [0.5, 0.6) is 0 Å². The molecule has 6 heterocycles. The molecule has 6 saturated heterocycles. The van der Waals surface area contributed by atoms with Gasteiger partial charge < -0.3 is 80.5 Å². The number of methoxy groups -OCH3 is 1. The van der Waals surface area contributed by atoms with Crippen LogP contribution < -0.4 is 0 Å². The standard InChI is InChI=1S/C84H118O21/c1-17-62-47(5)52(10)71(104-82-72(53(11)48(6)63(18-2)95-82)101-77(87)60-38-29-23-30-39-60)80(94-62)92-45-66-51(9)56(14)70(100-76(86)59-36-27-22-28-37-59)79(98-66)93-46-67-57(15)69(75(91-44-58-34-25-21-26-35-58)81(99-67)90-43-33-42-68(85)89-16)103-84-74(55(13)50(8)65(20-4)97-84)105-83-73(54(12)49(7)64(19-3)96-83)102-78(88)61-40-31-24-32-41-61/h21-32,34-41,47-57,62-67,69-75,79-84H,17-20,33,42-46H2,1-16H3/t47-,48-,49-,50-,51-,52-,53-,54-,55-,56-,57+,62?,63?,64?,65?,66?,67?,69-,70?,71?,72?,73?,74?,75?,79-,80-,81+,82+,83+,84+/m0/s1. The Hall–Kier alpha value is -5.76. The fraction of sp³-hybridized carbons (Fsp3) is 0.667. The van der Waals surface area contributed by atoms with Gasteiger partial charge in [-0.15, -0.1) is 0 Å². The van der Waals surface area contributed by atoms with E-state index in [0.717, 1.165) is 12.0 Å². The van der Waals surface area contributed by atoms with Crippen LogP contribution in [0, 0.1) is 65.1 Å². The lowest BCUT2D eigenvalue weighted by Crippen LogP contribution is -2.62. The van der Waals surface area contributed by atoms with Gasteiger partial charge in [0.2, 0.25) is 0 Å². The Balaban J connectivity index is 0.957. The molecule has 12 unspecified atom stereocenters. The highest BCUT2D eigenvalue weighted by molar-refractivity contribution is 5.90. The number of rotatable bonds is 30. The van der Waals surface area contributed by atoms with Crippen LogP contribution in [0.2, 0.25) is 0 Å². The van der Waals surface area contributed by atoms with Gasteiger partial charge in [0.05, 0.1) is 93.0 Å². The highest BCUT2D eigenvalue weighted by Gasteiger charge is 2.56. The molecule has 105 heavy (non-hydrogen) atoms. The molecular formula is C84H118O21. The summed E-state index contributed by atoms with van der Waals surface area (Å²) < 4.78 is 116. The predicted molar refractivity (Wildman–Crippen MR) is 390 cm³/mol. The number of esters is 4. The van der Waals surface area contributed by atoms with E-state index in [9.17, 15) is 19.2 Å². The first-order valence-corrected chi connectivity index (χ1v) is 38.8. The third-order valence-corrected chi connectivity index (χ3v) is 24.0. The van der Waals surface area contributed by atoms with E-state index in [1.165, 1.54) is 7.11 Å². The summed E-state index contributed by atoms with van der Waals surface area (Å²) in [6.45, 7) is 31.5. The minimum atomic E-state index is -1.19. The van der Waals surface area contributed by atoms with Crippen LogP contribution in [0.1, 0.15) is 179 Å². The van der Waals surface area contributed by atoms with Gasteiger partial charge >= 0.3 is 23.9 Å². The molecule has 4 aromatic rings. The fourth-order valence-electron chi connectivity index (χ4n) is 16.0. The third-order valence-electron chi connectivity index (χ3n) is 24.0. The molecule has 0 amide bonds. The average molecular weight is 1460 g/mol.